The van der Waals surface area contributed by atoms with E-state index in [9.17, 15) is 14.9 Å². The van der Waals surface area contributed by atoms with Crippen molar-refractivity contribution in [1.82, 2.24) is 0 Å². The fourth-order valence-electron chi connectivity index (χ4n) is 2.44. The second-order valence-corrected chi connectivity index (χ2v) is 6.31. The quantitative estimate of drug-likeness (QED) is 0.423. The van der Waals surface area contributed by atoms with Crippen molar-refractivity contribution in [1.29, 1.82) is 5.26 Å². The van der Waals surface area contributed by atoms with Gasteiger partial charge in [0.2, 0.25) is 0 Å². The third-order valence-electron chi connectivity index (χ3n) is 4.00. The van der Waals surface area contributed by atoms with Crippen molar-refractivity contribution in [3.05, 3.63) is 71.4 Å². The lowest BCUT2D eigenvalue weighted by Gasteiger charge is -2.10. The van der Waals surface area contributed by atoms with Gasteiger partial charge in [-0.05, 0) is 42.7 Å². The Morgan fingerprint density at radius 2 is 1.82 bits per heavy atom. The summed E-state index contributed by atoms with van der Waals surface area (Å²) in [6, 6.07) is 16.1. The maximum atomic E-state index is 12.4. The second kappa shape index (κ2) is 9.93. The van der Waals surface area contributed by atoms with Crippen molar-refractivity contribution in [2.24, 2.45) is 0 Å². The minimum absolute atomic E-state index is 0.119. The van der Waals surface area contributed by atoms with Crippen LogP contribution in [0, 0.1) is 11.3 Å². The molecule has 0 radical (unpaired) electrons. The van der Waals surface area contributed by atoms with E-state index in [2.05, 4.69) is 24.5 Å². The first-order valence-corrected chi connectivity index (χ1v) is 9.00. The first kappa shape index (κ1) is 20.7. The van der Waals surface area contributed by atoms with Crippen molar-refractivity contribution >= 4 is 23.3 Å². The molecule has 0 spiro atoms. The molecule has 2 aromatic rings. The number of carbonyl (C=O) groups excluding carboxylic acids is 2. The number of esters is 1. The molecule has 0 fully saturated rings. The lowest BCUT2D eigenvalue weighted by atomic mass is 10.0. The predicted molar refractivity (Wildman–Crippen MR) is 109 cm³/mol. The molecule has 2 rings (SSSR count). The van der Waals surface area contributed by atoms with Crippen LogP contribution in [0.15, 0.2) is 60.3 Å². The van der Waals surface area contributed by atoms with Gasteiger partial charge in [-0.15, -0.1) is 0 Å². The van der Waals surface area contributed by atoms with Crippen LogP contribution in [0.1, 0.15) is 42.6 Å². The number of hydrogen-bond acceptors (Lipinski definition) is 5. The number of nitrogens with zero attached hydrogens (tertiary/aromatic N) is 1. The highest BCUT2D eigenvalue weighted by Gasteiger charge is 2.16. The summed E-state index contributed by atoms with van der Waals surface area (Å²) in [4.78, 5) is 24.5. The van der Waals surface area contributed by atoms with E-state index in [4.69, 9.17) is 4.74 Å². The smallest absolute Gasteiger partial charge is 0.340 e. The highest BCUT2D eigenvalue weighted by molar-refractivity contribution is 6.09. The fourth-order valence-corrected chi connectivity index (χ4v) is 2.44. The summed E-state index contributed by atoms with van der Waals surface area (Å²) in [6.45, 7) is 6.14. The Kier molecular flexibility index (Phi) is 7.35. The van der Waals surface area contributed by atoms with E-state index in [1.54, 1.807) is 31.2 Å². The summed E-state index contributed by atoms with van der Waals surface area (Å²) in [5.41, 5.74) is 2.35. The Morgan fingerprint density at radius 1 is 1.14 bits per heavy atom. The zero-order chi connectivity index (χ0) is 20.5. The van der Waals surface area contributed by atoms with Gasteiger partial charge in [-0.3, -0.25) is 4.79 Å². The molecule has 0 saturated heterocycles. The summed E-state index contributed by atoms with van der Waals surface area (Å²) in [5, 5.41) is 14.9. The van der Waals surface area contributed by atoms with Crippen LogP contribution >= 0.6 is 0 Å². The molecule has 0 bridgehead atoms. The van der Waals surface area contributed by atoms with Gasteiger partial charge < -0.3 is 15.4 Å². The molecule has 6 heteroatoms. The Labute approximate surface area is 164 Å². The van der Waals surface area contributed by atoms with Crippen LogP contribution in [-0.2, 0) is 9.53 Å². The number of ether oxygens (including phenoxy) is 1. The first-order chi connectivity index (χ1) is 13.5. The van der Waals surface area contributed by atoms with Gasteiger partial charge in [0.1, 0.15) is 11.6 Å². The van der Waals surface area contributed by atoms with Crippen molar-refractivity contribution in [2.45, 2.75) is 26.7 Å². The highest BCUT2D eigenvalue weighted by Crippen LogP contribution is 2.19. The third kappa shape index (κ3) is 5.45. The molecule has 28 heavy (non-hydrogen) atoms. The second-order valence-electron chi connectivity index (χ2n) is 6.31. The topological polar surface area (TPSA) is 91.2 Å². The molecule has 0 heterocycles. The van der Waals surface area contributed by atoms with Gasteiger partial charge in [0.25, 0.3) is 5.91 Å². The van der Waals surface area contributed by atoms with Crippen LogP contribution < -0.4 is 10.6 Å². The van der Waals surface area contributed by atoms with Crippen LogP contribution in [0.3, 0.4) is 0 Å². The van der Waals surface area contributed by atoms with Crippen LogP contribution in [0.2, 0.25) is 0 Å². The summed E-state index contributed by atoms with van der Waals surface area (Å²) >= 11 is 0. The normalized spacial score (nSPS) is 10.9. The molecule has 0 aromatic heterocycles. The maximum Gasteiger partial charge on any atom is 0.340 e. The number of benzene rings is 2. The van der Waals surface area contributed by atoms with E-state index in [0.29, 0.717) is 5.92 Å². The summed E-state index contributed by atoms with van der Waals surface area (Å²) in [5.74, 6) is -0.737. The van der Waals surface area contributed by atoms with Gasteiger partial charge >= 0.3 is 5.97 Å². The number of nitriles is 1. The molecule has 6 nitrogen and oxygen atoms in total. The third-order valence-corrected chi connectivity index (χ3v) is 4.00. The number of rotatable bonds is 7. The molecule has 0 saturated carbocycles. The molecule has 0 aliphatic rings. The molecule has 0 unspecified atom stereocenters. The van der Waals surface area contributed by atoms with Crippen LogP contribution in [-0.4, -0.2) is 18.5 Å². The van der Waals surface area contributed by atoms with E-state index in [1.807, 2.05) is 30.3 Å². The Hall–Kier alpha value is -3.59. The number of para-hydroxylation sites is 1. The van der Waals surface area contributed by atoms with Gasteiger partial charge in [-0.2, -0.15) is 5.26 Å². The zero-order valence-corrected chi connectivity index (χ0v) is 16.2. The van der Waals surface area contributed by atoms with Crippen LogP contribution in [0.5, 0.6) is 0 Å². The Balaban J connectivity index is 2.13. The number of anilines is 2. The Morgan fingerprint density at radius 3 is 2.43 bits per heavy atom. The number of hydrogen-bond donors (Lipinski definition) is 2. The molecule has 0 atom stereocenters. The van der Waals surface area contributed by atoms with Gasteiger partial charge in [0.15, 0.2) is 0 Å². The monoisotopic (exact) mass is 377 g/mol. The van der Waals surface area contributed by atoms with E-state index >= 15 is 0 Å². The number of nitrogens with one attached hydrogen (secondary N) is 2. The lowest BCUT2D eigenvalue weighted by Crippen LogP contribution is -2.17. The molecule has 2 N–H and O–H groups in total. The molecular formula is C22H23N3O3. The lowest BCUT2D eigenvalue weighted by molar-refractivity contribution is -0.112. The predicted octanol–water partition coefficient (Wildman–Crippen LogP) is 4.44. The molecule has 0 aliphatic heterocycles. The van der Waals surface area contributed by atoms with Crippen molar-refractivity contribution < 1.29 is 14.3 Å². The van der Waals surface area contributed by atoms with Gasteiger partial charge in [0, 0.05) is 11.9 Å². The molecule has 2 aromatic carbocycles. The fraction of sp³-hybridized carbons (Fsp3) is 0.227. The van der Waals surface area contributed by atoms with Gasteiger partial charge in [-0.25, -0.2) is 4.79 Å². The average molecular weight is 377 g/mol. The summed E-state index contributed by atoms with van der Waals surface area (Å²) < 4.78 is 4.99. The summed E-state index contributed by atoms with van der Waals surface area (Å²) in [6.07, 6.45) is 1.34. The molecule has 144 valence electrons. The van der Waals surface area contributed by atoms with Crippen LogP contribution in [0.4, 0.5) is 11.4 Å². The van der Waals surface area contributed by atoms with E-state index in [1.165, 1.54) is 11.8 Å². The molecule has 0 aliphatic carbocycles. The Bertz CT molecular complexity index is 909. The first-order valence-electron chi connectivity index (χ1n) is 9.00. The van der Waals surface area contributed by atoms with E-state index in [0.717, 1.165) is 5.69 Å². The zero-order valence-electron chi connectivity index (χ0n) is 16.2. The minimum atomic E-state index is -0.620. The maximum absolute atomic E-state index is 12.4. The largest absolute Gasteiger partial charge is 0.462 e. The number of amides is 1. The average Bonchev–Trinajstić information content (AvgIpc) is 2.69. The SMILES string of the molecule is CCOC(=O)c1ccccc1NC(=O)/C(C#N)=C\Nc1ccc(C(C)C)cc1. The number of carbonyl (C=O) groups is 2. The summed E-state index contributed by atoms with van der Waals surface area (Å²) in [7, 11) is 0. The minimum Gasteiger partial charge on any atom is -0.462 e. The van der Waals surface area contributed by atoms with Crippen molar-refractivity contribution in [2.75, 3.05) is 17.2 Å². The molecular weight excluding hydrogens is 354 g/mol. The highest BCUT2D eigenvalue weighted by atomic mass is 16.5. The van der Waals surface area contributed by atoms with Crippen LogP contribution in [0.25, 0.3) is 0 Å². The van der Waals surface area contributed by atoms with Gasteiger partial charge in [-0.1, -0.05) is 38.1 Å². The molecule has 1 amide bonds. The van der Waals surface area contributed by atoms with E-state index < -0.39 is 11.9 Å². The van der Waals surface area contributed by atoms with Crippen molar-refractivity contribution in [3.8, 4) is 6.07 Å². The van der Waals surface area contributed by atoms with E-state index in [-0.39, 0.29) is 23.4 Å². The van der Waals surface area contributed by atoms with Gasteiger partial charge in [0.05, 0.1) is 17.9 Å². The van der Waals surface area contributed by atoms with Crippen molar-refractivity contribution in [3.63, 3.8) is 0 Å². The standard InChI is InChI=1S/C22H23N3O3/c1-4-28-22(27)19-7-5-6-8-20(19)25-21(26)17(13-23)14-24-18-11-9-16(10-12-18)15(2)3/h5-12,14-15,24H,4H2,1-3H3,(H,25,26)/b17-14-.